The molecule has 1 aliphatic carbocycles. The normalized spacial score (nSPS) is 14.7. The summed E-state index contributed by atoms with van der Waals surface area (Å²) < 4.78 is 7.08. The minimum Gasteiger partial charge on any atom is -0.494 e. The van der Waals surface area contributed by atoms with Gasteiger partial charge in [-0.2, -0.15) is 0 Å². The molecule has 0 unspecified atom stereocenters. The lowest BCUT2D eigenvalue weighted by molar-refractivity contribution is -0.120. The lowest BCUT2D eigenvalue weighted by atomic mass is 9.88. The molecule has 2 aromatic carbocycles. The summed E-state index contributed by atoms with van der Waals surface area (Å²) >= 11 is 0. The fraction of sp³-hybridized carbons (Fsp3) is 0.348. The largest absolute Gasteiger partial charge is 0.494 e. The standard InChI is InChI=1S/C23H25N3O3/c1-15-24-19-11-7-6-10-18(19)23(28)26(15)17-12-13-20(21(14-17)29-2)25-22(27)16-8-4-3-5-9-16/h6-7,10-14,16H,3-5,8-9H2,1-2H3,(H,25,27). The minimum atomic E-state index is -0.130. The average Bonchev–Trinajstić information content (AvgIpc) is 2.75. The molecule has 0 spiro atoms. The van der Waals surface area contributed by atoms with Gasteiger partial charge in [0, 0.05) is 12.0 Å². The van der Waals surface area contributed by atoms with Crippen molar-refractivity contribution in [3.63, 3.8) is 0 Å². The molecule has 0 radical (unpaired) electrons. The van der Waals surface area contributed by atoms with Crippen LogP contribution in [0.1, 0.15) is 37.9 Å². The first-order chi connectivity index (χ1) is 14.1. The topological polar surface area (TPSA) is 73.2 Å². The number of methoxy groups -OCH3 is 1. The zero-order valence-electron chi connectivity index (χ0n) is 16.8. The van der Waals surface area contributed by atoms with Crippen LogP contribution in [0, 0.1) is 12.8 Å². The smallest absolute Gasteiger partial charge is 0.265 e. The van der Waals surface area contributed by atoms with Gasteiger partial charge in [-0.1, -0.05) is 31.4 Å². The van der Waals surface area contributed by atoms with Gasteiger partial charge in [0.2, 0.25) is 5.91 Å². The summed E-state index contributed by atoms with van der Waals surface area (Å²) in [5.74, 6) is 1.21. The molecule has 3 aromatic rings. The number of hydrogen-bond acceptors (Lipinski definition) is 4. The van der Waals surface area contributed by atoms with Gasteiger partial charge in [0.05, 0.1) is 29.4 Å². The maximum absolute atomic E-state index is 13.0. The second-order valence-electron chi connectivity index (χ2n) is 7.53. The quantitative estimate of drug-likeness (QED) is 0.723. The fourth-order valence-corrected chi connectivity index (χ4v) is 4.07. The number of carbonyl (C=O) groups is 1. The van der Waals surface area contributed by atoms with Crippen LogP contribution in [0.25, 0.3) is 16.6 Å². The number of amides is 1. The SMILES string of the molecule is COc1cc(-n2c(C)nc3ccccc3c2=O)ccc1NC(=O)C1CCCCC1. The summed E-state index contributed by atoms with van der Waals surface area (Å²) in [5.41, 5.74) is 1.81. The van der Waals surface area contributed by atoms with Gasteiger partial charge in [-0.3, -0.25) is 14.2 Å². The summed E-state index contributed by atoms with van der Waals surface area (Å²) in [7, 11) is 1.56. The maximum atomic E-state index is 13.0. The van der Waals surface area contributed by atoms with Crippen LogP contribution in [0.2, 0.25) is 0 Å². The predicted octanol–water partition coefficient (Wildman–Crippen LogP) is 4.22. The minimum absolute atomic E-state index is 0.0384. The van der Waals surface area contributed by atoms with E-state index in [1.165, 1.54) is 6.42 Å². The molecule has 1 saturated carbocycles. The van der Waals surface area contributed by atoms with Crippen molar-refractivity contribution in [2.75, 3.05) is 12.4 Å². The van der Waals surface area contributed by atoms with Crippen molar-refractivity contribution >= 4 is 22.5 Å². The highest BCUT2D eigenvalue weighted by Crippen LogP contribution is 2.30. The van der Waals surface area contributed by atoms with Crippen LogP contribution >= 0.6 is 0 Å². The molecule has 1 fully saturated rings. The predicted molar refractivity (Wildman–Crippen MR) is 114 cm³/mol. The van der Waals surface area contributed by atoms with Gasteiger partial charge in [-0.25, -0.2) is 4.98 Å². The molecular formula is C23H25N3O3. The summed E-state index contributed by atoms with van der Waals surface area (Å²) in [6.45, 7) is 1.80. The second kappa shape index (κ2) is 8.07. The van der Waals surface area contributed by atoms with Crippen molar-refractivity contribution in [1.29, 1.82) is 0 Å². The number of anilines is 1. The Hall–Kier alpha value is -3.15. The number of benzene rings is 2. The van der Waals surface area contributed by atoms with Crippen LogP contribution in [-0.2, 0) is 4.79 Å². The summed E-state index contributed by atoms with van der Waals surface area (Å²) in [6, 6.07) is 12.7. The van der Waals surface area contributed by atoms with Gasteiger partial charge in [0.1, 0.15) is 11.6 Å². The van der Waals surface area contributed by atoms with Crippen LogP contribution in [0.15, 0.2) is 47.3 Å². The van der Waals surface area contributed by atoms with Crippen LogP contribution in [0.4, 0.5) is 5.69 Å². The van der Waals surface area contributed by atoms with Gasteiger partial charge >= 0.3 is 0 Å². The molecular weight excluding hydrogens is 366 g/mol. The zero-order valence-corrected chi connectivity index (χ0v) is 16.8. The van der Waals surface area contributed by atoms with Crippen LogP contribution in [0.5, 0.6) is 5.75 Å². The first kappa shape index (κ1) is 19.2. The van der Waals surface area contributed by atoms with Crippen molar-refractivity contribution in [2.24, 2.45) is 5.92 Å². The van der Waals surface area contributed by atoms with E-state index in [0.29, 0.717) is 33.9 Å². The van der Waals surface area contributed by atoms with Crippen LogP contribution in [-0.4, -0.2) is 22.6 Å². The van der Waals surface area contributed by atoms with Gasteiger partial charge in [0.15, 0.2) is 0 Å². The third-order valence-corrected chi connectivity index (χ3v) is 5.62. The third kappa shape index (κ3) is 3.75. The Balaban J connectivity index is 1.69. The molecule has 1 aromatic heterocycles. The number of ether oxygens (including phenoxy) is 1. The molecule has 0 atom stereocenters. The first-order valence-corrected chi connectivity index (χ1v) is 10.1. The van der Waals surface area contributed by atoms with Gasteiger partial charge in [0.25, 0.3) is 5.56 Å². The van der Waals surface area contributed by atoms with E-state index in [-0.39, 0.29) is 17.4 Å². The van der Waals surface area contributed by atoms with Crippen molar-refractivity contribution in [3.05, 3.63) is 58.6 Å². The number of aromatic nitrogens is 2. The van der Waals surface area contributed by atoms with E-state index < -0.39 is 0 Å². The highest BCUT2D eigenvalue weighted by atomic mass is 16.5. The van der Waals surface area contributed by atoms with Crippen molar-refractivity contribution in [1.82, 2.24) is 9.55 Å². The fourth-order valence-electron chi connectivity index (χ4n) is 4.07. The number of fused-ring (bicyclic) bond motifs is 1. The van der Waals surface area contributed by atoms with E-state index in [4.69, 9.17) is 4.74 Å². The number of para-hydroxylation sites is 1. The Morgan fingerprint density at radius 1 is 1.14 bits per heavy atom. The molecule has 0 aliphatic heterocycles. The Bertz CT molecular complexity index is 1110. The molecule has 6 nitrogen and oxygen atoms in total. The Morgan fingerprint density at radius 2 is 1.90 bits per heavy atom. The highest BCUT2D eigenvalue weighted by Gasteiger charge is 2.22. The van der Waals surface area contributed by atoms with E-state index in [1.807, 2.05) is 24.3 Å². The highest BCUT2D eigenvalue weighted by molar-refractivity contribution is 5.94. The number of aryl methyl sites for hydroxylation is 1. The zero-order chi connectivity index (χ0) is 20.4. The molecule has 150 valence electrons. The lowest BCUT2D eigenvalue weighted by Crippen LogP contribution is -2.25. The van der Waals surface area contributed by atoms with E-state index >= 15 is 0 Å². The molecule has 4 rings (SSSR count). The van der Waals surface area contributed by atoms with Crippen molar-refractivity contribution in [3.8, 4) is 11.4 Å². The first-order valence-electron chi connectivity index (χ1n) is 10.1. The number of hydrogen-bond donors (Lipinski definition) is 1. The van der Waals surface area contributed by atoms with Crippen LogP contribution in [0.3, 0.4) is 0 Å². The van der Waals surface area contributed by atoms with Crippen molar-refractivity contribution in [2.45, 2.75) is 39.0 Å². The molecule has 29 heavy (non-hydrogen) atoms. The monoisotopic (exact) mass is 391 g/mol. The third-order valence-electron chi connectivity index (χ3n) is 5.62. The van der Waals surface area contributed by atoms with Gasteiger partial charge < -0.3 is 10.1 Å². The number of carbonyl (C=O) groups excluding carboxylic acids is 1. The average molecular weight is 391 g/mol. The Morgan fingerprint density at radius 3 is 2.66 bits per heavy atom. The van der Waals surface area contributed by atoms with E-state index in [1.54, 1.807) is 36.8 Å². The number of rotatable bonds is 4. The lowest BCUT2D eigenvalue weighted by Gasteiger charge is -2.21. The maximum Gasteiger partial charge on any atom is 0.265 e. The summed E-state index contributed by atoms with van der Waals surface area (Å²) in [4.78, 5) is 30.2. The van der Waals surface area contributed by atoms with Gasteiger partial charge in [-0.05, 0) is 44.0 Å². The van der Waals surface area contributed by atoms with E-state index in [0.717, 1.165) is 25.7 Å². The summed E-state index contributed by atoms with van der Waals surface area (Å²) in [6.07, 6.45) is 5.28. The van der Waals surface area contributed by atoms with E-state index in [2.05, 4.69) is 10.3 Å². The number of nitrogens with one attached hydrogen (secondary N) is 1. The van der Waals surface area contributed by atoms with Crippen LogP contribution < -0.4 is 15.6 Å². The Kier molecular flexibility index (Phi) is 5.34. The molecule has 1 aliphatic rings. The molecule has 0 saturated heterocycles. The summed E-state index contributed by atoms with van der Waals surface area (Å²) in [5, 5.41) is 3.56. The van der Waals surface area contributed by atoms with E-state index in [9.17, 15) is 9.59 Å². The van der Waals surface area contributed by atoms with Crippen molar-refractivity contribution < 1.29 is 9.53 Å². The van der Waals surface area contributed by atoms with Gasteiger partial charge in [-0.15, -0.1) is 0 Å². The number of nitrogens with zero attached hydrogens (tertiary/aromatic N) is 2. The second-order valence-corrected chi connectivity index (χ2v) is 7.53. The molecule has 6 heteroatoms. The molecule has 1 heterocycles. The Labute approximate surface area is 169 Å². The molecule has 1 amide bonds. The molecule has 0 bridgehead atoms. The molecule has 1 N–H and O–H groups in total.